The summed E-state index contributed by atoms with van der Waals surface area (Å²) in [7, 11) is -2.51. The Balaban J connectivity index is 2.05. The van der Waals surface area contributed by atoms with Crippen LogP contribution in [0.15, 0.2) is 59.6 Å². The fraction of sp³-hybridized carbons (Fsp3) is 0.111. The predicted molar refractivity (Wildman–Crippen MR) is 101 cm³/mol. The van der Waals surface area contributed by atoms with Gasteiger partial charge in [-0.05, 0) is 30.7 Å². The van der Waals surface area contributed by atoms with Gasteiger partial charge in [0.1, 0.15) is 0 Å². The number of aryl methyl sites for hydroxylation is 1. The Kier molecular flexibility index (Phi) is 5.11. The standard InChI is InChI=1S/C18H16ClN3O3S/c1-12-11-20-17(18(21-12)25-2)22-26(23,24)16-6-4-3-5-15(16)13-7-9-14(19)10-8-13/h3-11H,1-2H3,(H,20,22). The molecule has 1 aromatic heterocycles. The molecule has 0 aliphatic carbocycles. The zero-order chi connectivity index (χ0) is 18.7. The molecule has 0 atom stereocenters. The average Bonchev–Trinajstić information content (AvgIpc) is 2.63. The maximum absolute atomic E-state index is 13.0. The Labute approximate surface area is 156 Å². The molecule has 0 radical (unpaired) electrons. The highest BCUT2D eigenvalue weighted by Gasteiger charge is 2.22. The maximum Gasteiger partial charge on any atom is 0.263 e. The van der Waals surface area contributed by atoms with E-state index >= 15 is 0 Å². The lowest BCUT2D eigenvalue weighted by Crippen LogP contribution is -2.16. The van der Waals surface area contributed by atoms with Gasteiger partial charge in [0.2, 0.25) is 5.82 Å². The first-order valence-electron chi connectivity index (χ1n) is 7.66. The minimum atomic E-state index is -3.91. The van der Waals surface area contributed by atoms with Gasteiger partial charge in [-0.15, -0.1) is 0 Å². The fourth-order valence-corrected chi connectivity index (χ4v) is 3.78. The summed E-state index contributed by atoms with van der Waals surface area (Å²) in [5, 5.41) is 0.576. The smallest absolute Gasteiger partial charge is 0.263 e. The van der Waals surface area contributed by atoms with Crippen molar-refractivity contribution in [1.29, 1.82) is 0 Å². The van der Waals surface area contributed by atoms with Crippen molar-refractivity contribution < 1.29 is 13.2 Å². The number of rotatable bonds is 5. The molecule has 1 heterocycles. The highest BCUT2D eigenvalue weighted by molar-refractivity contribution is 7.92. The minimum Gasteiger partial charge on any atom is -0.478 e. The zero-order valence-electron chi connectivity index (χ0n) is 14.1. The summed E-state index contributed by atoms with van der Waals surface area (Å²) < 4.78 is 33.5. The van der Waals surface area contributed by atoms with Gasteiger partial charge in [0.25, 0.3) is 15.9 Å². The molecule has 3 aromatic rings. The summed E-state index contributed by atoms with van der Waals surface area (Å²) in [5.41, 5.74) is 1.90. The number of nitrogens with zero attached hydrogens (tertiary/aromatic N) is 2. The van der Waals surface area contributed by atoms with E-state index < -0.39 is 10.0 Å². The maximum atomic E-state index is 13.0. The fourth-order valence-electron chi connectivity index (χ4n) is 2.42. The summed E-state index contributed by atoms with van der Waals surface area (Å²) >= 11 is 5.92. The Bertz CT molecular complexity index is 1040. The number of halogens is 1. The molecule has 1 N–H and O–H groups in total. The van der Waals surface area contributed by atoms with Crippen LogP contribution in [0.5, 0.6) is 5.88 Å². The van der Waals surface area contributed by atoms with Crippen molar-refractivity contribution in [2.75, 3.05) is 11.8 Å². The lowest BCUT2D eigenvalue weighted by Gasteiger charge is -2.13. The summed E-state index contributed by atoms with van der Waals surface area (Å²) in [4.78, 5) is 8.33. The van der Waals surface area contributed by atoms with E-state index in [1.54, 1.807) is 49.4 Å². The second-order valence-corrected chi connectivity index (χ2v) is 7.57. The van der Waals surface area contributed by atoms with Gasteiger partial charge in [-0.2, -0.15) is 0 Å². The lowest BCUT2D eigenvalue weighted by molar-refractivity contribution is 0.397. The number of methoxy groups -OCH3 is 1. The highest BCUT2D eigenvalue weighted by Crippen LogP contribution is 2.30. The Morgan fingerprint density at radius 1 is 1.08 bits per heavy atom. The molecular formula is C18H16ClN3O3S. The number of nitrogens with one attached hydrogen (secondary N) is 1. The number of ether oxygens (including phenoxy) is 1. The molecule has 0 saturated carbocycles. The van der Waals surface area contributed by atoms with Crippen molar-refractivity contribution in [2.24, 2.45) is 0 Å². The molecule has 0 aliphatic rings. The van der Waals surface area contributed by atoms with Crippen molar-refractivity contribution in [3.8, 4) is 17.0 Å². The van der Waals surface area contributed by atoms with Crippen LogP contribution in [0, 0.1) is 6.92 Å². The van der Waals surface area contributed by atoms with E-state index in [1.807, 2.05) is 0 Å². The van der Waals surface area contributed by atoms with Crippen LogP contribution in [0.4, 0.5) is 5.82 Å². The van der Waals surface area contributed by atoms with Crippen LogP contribution in [0.3, 0.4) is 0 Å². The largest absolute Gasteiger partial charge is 0.478 e. The van der Waals surface area contributed by atoms with Crippen molar-refractivity contribution in [2.45, 2.75) is 11.8 Å². The molecule has 6 nitrogen and oxygen atoms in total. The molecule has 0 spiro atoms. The third-order valence-electron chi connectivity index (χ3n) is 3.62. The lowest BCUT2D eigenvalue weighted by atomic mass is 10.1. The third kappa shape index (κ3) is 3.79. The van der Waals surface area contributed by atoms with Gasteiger partial charge in [0, 0.05) is 10.6 Å². The Hall–Kier alpha value is -2.64. The van der Waals surface area contributed by atoms with E-state index in [4.69, 9.17) is 16.3 Å². The first-order chi connectivity index (χ1) is 12.4. The van der Waals surface area contributed by atoms with Crippen LogP contribution >= 0.6 is 11.6 Å². The van der Waals surface area contributed by atoms with Crippen molar-refractivity contribution in [3.05, 3.63) is 65.4 Å². The molecular weight excluding hydrogens is 374 g/mol. The SMILES string of the molecule is COc1nc(C)cnc1NS(=O)(=O)c1ccccc1-c1ccc(Cl)cc1. The van der Waals surface area contributed by atoms with E-state index in [1.165, 1.54) is 19.4 Å². The molecule has 3 rings (SSSR count). The Morgan fingerprint density at radius 2 is 1.77 bits per heavy atom. The molecule has 26 heavy (non-hydrogen) atoms. The molecule has 2 aromatic carbocycles. The normalized spacial score (nSPS) is 11.2. The molecule has 134 valence electrons. The summed E-state index contributed by atoms with van der Waals surface area (Å²) in [5.74, 6) is 0.140. The van der Waals surface area contributed by atoms with Crippen LogP contribution in [0.2, 0.25) is 5.02 Å². The number of anilines is 1. The first-order valence-corrected chi connectivity index (χ1v) is 9.52. The summed E-state index contributed by atoms with van der Waals surface area (Å²) in [6, 6.07) is 13.6. The van der Waals surface area contributed by atoms with E-state index in [0.717, 1.165) is 5.56 Å². The number of benzene rings is 2. The topological polar surface area (TPSA) is 81.2 Å². The van der Waals surface area contributed by atoms with Gasteiger partial charge >= 0.3 is 0 Å². The van der Waals surface area contributed by atoms with Gasteiger partial charge in [0.05, 0.1) is 23.9 Å². The van der Waals surface area contributed by atoms with Crippen LogP contribution in [0.1, 0.15) is 5.69 Å². The van der Waals surface area contributed by atoms with E-state index in [9.17, 15) is 8.42 Å². The molecule has 8 heteroatoms. The van der Waals surface area contributed by atoms with Crippen LogP contribution in [-0.2, 0) is 10.0 Å². The van der Waals surface area contributed by atoms with Crippen LogP contribution < -0.4 is 9.46 Å². The van der Waals surface area contributed by atoms with Crippen LogP contribution in [0.25, 0.3) is 11.1 Å². The quantitative estimate of drug-likeness (QED) is 0.715. The summed E-state index contributed by atoms with van der Waals surface area (Å²) in [6.45, 7) is 1.74. The highest BCUT2D eigenvalue weighted by atomic mass is 35.5. The minimum absolute atomic E-state index is 0.0315. The van der Waals surface area contributed by atoms with Gasteiger partial charge < -0.3 is 4.74 Å². The second kappa shape index (κ2) is 7.31. The number of sulfonamides is 1. The number of aromatic nitrogens is 2. The number of hydrogen-bond acceptors (Lipinski definition) is 5. The summed E-state index contributed by atoms with van der Waals surface area (Å²) in [6.07, 6.45) is 1.46. The van der Waals surface area contributed by atoms with Gasteiger partial charge in [-0.25, -0.2) is 18.4 Å². The van der Waals surface area contributed by atoms with Crippen molar-refractivity contribution in [1.82, 2.24) is 9.97 Å². The van der Waals surface area contributed by atoms with Gasteiger partial charge in [0.15, 0.2) is 0 Å². The van der Waals surface area contributed by atoms with Crippen LogP contribution in [-0.4, -0.2) is 25.5 Å². The predicted octanol–water partition coefficient (Wildman–Crippen LogP) is 3.91. The van der Waals surface area contributed by atoms with E-state index in [2.05, 4.69) is 14.7 Å². The molecule has 0 aliphatic heterocycles. The third-order valence-corrected chi connectivity index (χ3v) is 5.27. The zero-order valence-corrected chi connectivity index (χ0v) is 15.7. The van der Waals surface area contributed by atoms with Crippen molar-refractivity contribution >= 4 is 27.4 Å². The molecule has 0 bridgehead atoms. The molecule has 0 saturated heterocycles. The molecule has 0 fully saturated rings. The van der Waals surface area contributed by atoms with Gasteiger partial charge in [-0.1, -0.05) is 41.9 Å². The number of hydrogen-bond donors (Lipinski definition) is 1. The first kappa shape index (κ1) is 18.2. The van der Waals surface area contributed by atoms with Crippen molar-refractivity contribution in [3.63, 3.8) is 0 Å². The molecule has 0 unspecified atom stereocenters. The monoisotopic (exact) mass is 389 g/mol. The molecule has 0 amide bonds. The average molecular weight is 390 g/mol. The van der Waals surface area contributed by atoms with E-state index in [-0.39, 0.29) is 16.6 Å². The van der Waals surface area contributed by atoms with Gasteiger partial charge in [-0.3, -0.25) is 4.72 Å². The van der Waals surface area contributed by atoms with E-state index in [0.29, 0.717) is 16.3 Å². The Morgan fingerprint density at radius 3 is 2.46 bits per heavy atom. The second-order valence-electron chi connectivity index (χ2n) is 5.48.